The second-order valence-corrected chi connectivity index (χ2v) is 5.50. The molecular formula is C16H17NO2S. The zero-order valence-corrected chi connectivity index (χ0v) is 12.2. The van der Waals surface area contributed by atoms with E-state index in [9.17, 15) is 4.79 Å². The number of rotatable bonds is 6. The molecule has 0 N–H and O–H groups in total. The zero-order valence-electron chi connectivity index (χ0n) is 11.4. The third kappa shape index (κ3) is 4.38. The Hall–Kier alpha value is -1.81. The summed E-state index contributed by atoms with van der Waals surface area (Å²) < 4.78 is 4.99. The molecule has 0 spiro atoms. The van der Waals surface area contributed by atoms with Gasteiger partial charge >= 0.3 is 5.97 Å². The minimum absolute atomic E-state index is 0.231. The van der Waals surface area contributed by atoms with E-state index in [2.05, 4.69) is 17.1 Å². The third-order valence-electron chi connectivity index (χ3n) is 2.78. The van der Waals surface area contributed by atoms with Gasteiger partial charge in [0.1, 0.15) is 6.61 Å². The summed E-state index contributed by atoms with van der Waals surface area (Å²) in [6.07, 6.45) is 3.61. The molecule has 0 bridgehead atoms. The summed E-state index contributed by atoms with van der Waals surface area (Å²) in [5.41, 5.74) is 2.45. The number of carbonyl (C=O) groups excluding carboxylic acids is 1. The van der Waals surface area contributed by atoms with E-state index in [1.165, 1.54) is 18.1 Å². The van der Waals surface area contributed by atoms with Crippen LogP contribution in [-0.4, -0.2) is 23.3 Å². The number of thioether (sulfide) groups is 1. The molecular weight excluding hydrogens is 270 g/mol. The molecule has 0 fully saturated rings. The Morgan fingerprint density at radius 3 is 2.45 bits per heavy atom. The van der Waals surface area contributed by atoms with Crippen molar-refractivity contribution in [2.75, 3.05) is 12.4 Å². The lowest BCUT2D eigenvalue weighted by Crippen LogP contribution is -2.05. The number of hydrogen-bond acceptors (Lipinski definition) is 4. The Balaban J connectivity index is 2.07. The van der Waals surface area contributed by atoms with Crippen LogP contribution in [0.25, 0.3) is 0 Å². The molecule has 4 heteroatoms. The molecule has 3 nitrogen and oxygen atoms in total. The molecule has 20 heavy (non-hydrogen) atoms. The van der Waals surface area contributed by atoms with Crippen LogP contribution in [0.15, 0.2) is 54.9 Å². The van der Waals surface area contributed by atoms with Crippen molar-refractivity contribution in [2.45, 2.75) is 12.2 Å². The van der Waals surface area contributed by atoms with Crippen molar-refractivity contribution >= 4 is 17.7 Å². The summed E-state index contributed by atoms with van der Waals surface area (Å²) in [6.45, 7) is 1.87. The quantitative estimate of drug-likeness (QED) is 0.602. The number of pyridine rings is 1. The number of esters is 1. The molecule has 0 aliphatic rings. The first-order chi connectivity index (χ1) is 9.77. The maximum absolute atomic E-state index is 10.8. The highest BCUT2D eigenvalue weighted by Gasteiger charge is 2.14. The minimum Gasteiger partial charge on any atom is -0.465 e. The first-order valence-electron chi connectivity index (χ1n) is 6.47. The monoisotopic (exact) mass is 287 g/mol. The fraction of sp³-hybridized carbons (Fsp3) is 0.250. The van der Waals surface area contributed by atoms with Crippen LogP contribution in [0.4, 0.5) is 0 Å². The molecule has 1 aromatic carbocycles. The smallest absolute Gasteiger partial charge is 0.302 e. The van der Waals surface area contributed by atoms with Gasteiger partial charge in [0.15, 0.2) is 0 Å². The van der Waals surface area contributed by atoms with Crippen molar-refractivity contribution in [3.8, 4) is 0 Å². The van der Waals surface area contributed by atoms with Gasteiger partial charge in [-0.25, -0.2) is 0 Å². The van der Waals surface area contributed by atoms with Crippen LogP contribution >= 0.6 is 11.8 Å². The van der Waals surface area contributed by atoms with Crippen molar-refractivity contribution in [2.24, 2.45) is 0 Å². The molecule has 0 saturated carbocycles. The van der Waals surface area contributed by atoms with Gasteiger partial charge in [-0.3, -0.25) is 9.78 Å². The topological polar surface area (TPSA) is 39.2 Å². The number of carbonyl (C=O) groups is 1. The molecule has 104 valence electrons. The molecule has 0 amide bonds. The maximum Gasteiger partial charge on any atom is 0.302 e. The maximum atomic E-state index is 10.8. The lowest BCUT2D eigenvalue weighted by Gasteiger charge is -2.17. The fourth-order valence-electron chi connectivity index (χ4n) is 1.90. The van der Waals surface area contributed by atoms with E-state index in [1.54, 1.807) is 24.2 Å². The first kappa shape index (κ1) is 14.6. The lowest BCUT2D eigenvalue weighted by molar-refractivity contribution is -0.140. The van der Waals surface area contributed by atoms with Gasteiger partial charge in [-0.2, -0.15) is 0 Å². The summed E-state index contributed by atoms with van der Waals surface area (Å²) in [7, 11) is 0. The Labute approximate surface area is 123 Å². The standard InChI is InChI=1S/C16H17NO2S/c1-13(18)19-11-12-20-16(14-5-3-2-4-6-14)15-7-9-17-10-8-15/h2-10,16H,11-12H2,1H3. The van der Waals surface area contributed by atoms with Crippen LogP contribution in [0.1, 0.15) is 23.3 Å². The van der Waals surface area contributed by atoms with E-state index in [0.717, 1.165) is 5.75 Å². The predicted molar refractivity (Wildman–Crippen MR) is 81.6 cm³/mol. The first-order valence-corrected chi connectivity index (χ1v) is 7.52. The molecule has 1 atom stereocenters. The molecule has 1 unspecified atom stereocenters. The van der Waals surface area contributed by atoms with Crippen LogP contribution in [0.3, 0.4) is 0 Å². The van der Waals surface area contributed by atoms with Crippen LogP contribution in [-0.2, 0) is 9.53 Å². The highest BCUT2D eigenvalue weighted by Crippen LogP contribution is 2.34. The Bertz CT molecular complexity index is 491. The van der Waals surface area contributed by atoms with Crippen LogP contribution in [0.5, 0.6) is 0 Å². The van der Waals surface area contributed by atoms with Gasteiger partial charge in [-0.05, 0) is 23.3 Å². The van der Waals surface area contributed by atoms with Gasteiger partial charge in [0.25, 0.3) is 0 Å². The summed E-state index contributed by atoms with van der Waals surface area (Å²) in [5.74, 6) is 0.535. The molecule has 0 aliphatic heterocycles. The highest BCUT2D eigenvalue weighted by molar-refractivity contribution is 7.99. The van der Waals surface area contributed by atoms with Crippen molar-refractivity contribution in [1.82, 2.24) is 4.98 Å². The molecule has 0 aliphatic carbocycles. The van der Waals surface area contributed by atoms with E-state index in [-0.39, 0.29) is 11.2 Å². The highest BCUT2D eigenvalue weighted by atomic mass is 32.2. The van der Waals surface area contributed by atoms with Crippen molar-refractivity contribution in [1.29, 1.82) is 0 Å². The van der Waals surface area contributed by atoms with Gasteiger partial charge in [0.2, 0.25) is 0 Å². The fourth-order valence-corrected chi connectivity index (χ4v) is 3.02. The van der Waals surface area contributed by atoms with E-state index in [0.29, 0.717) is 6.61 Å². The summed E-state index contributed by atoms with van der Waals surface area (Å²) in [5, 5.41) is 0.231. The summed E-state index contributed by atoms with van der Waals surface area (Å²) in [4.78, 5) is 14.9. The van der Waals surface area contributed by atoms with Gasteiger partial charge in [-0.15, -0.1) is 11.8 Å². The van der Waals surface area contributed by atoms with E-state index < -0.39 is 0 Å². The average Bonchev–Trinajstić information content (AvgIpc) is 2.49. The number of hydrogen-bond donors (Lipinski definition) is 0. The Morgan fingerprint density at radius 1 is 1.15 bits per heavy atom. The van der Waals surface area contributed by atoms with E-state index in [1.807, 2.05) is 30.3 Å². The molecule has 2 rings (SSSR count). The SMILES string of the molecule is CC(=O)OCCSC(c1ccccc1)c1ccncc1. The van der Waals surface area contributed by atoms with Crippen molar-refractivity contribution in [3.05, 3.63) is 66.0 Å². The number of ether oxygens (including phenoxy) is 1. The predicted octanol–water partition coefficient (Wildman–Crippen LogP) is 3.47. The van der Waals surface area contributed by atoms with Crippen LogP contribution in [0, 0.1) is 0 Å². The number of aromatic nitrogens is 1. The molecule has 1 aromatic heterocycles. The van der Waals surface area contributed by atoms with Crippen molar-refractivity contribution in [3.63, 3.8) is 0 Å². The van der Waals surface area contributed by atoms with Gasteiger partial charge < -0.3 is 4.74 Å². The zero-order chi connectivity index (χ0) is 14.2. The molecule has 2 aromatic rings. The largest absolute Gasteiger partial charge is 0.465 e. The van der Waals surface area contributed by atoms with Gasteiger partial charge in [0, 0.05) is 25.1 Å². The van der Waals surface area contributed by atoms with Crippen LogP contribution in [0.2, 0.25) is 0 Å². The molecule has 0 radical (unpaired) electrons. The second-order valence-electron chi connectivity index (χ2n) is 4.28. The lowest BCUT2D eigenvalue weighted by atomic mass is 10.1. The number of benzene rings is 1. The summed E-state index contributed by atoms with van der Waals surface area (Å²) >= 11 is 1.76. The van der Waals surface area contributed by atoms with Gasteiger partial charge in [0.05, 0.1) is 5.25 Å². The normalized spacial score (nSPS) is 11.8. The average molecular weight is 287 g/mol. The second kappa shape index (κ2) is 7.70. The van der Waals surface area contributed by atoms with E-state index >= 15 is 0 Å². The summed E-state index contributed by atoms with van der Waals surface area (Å²) in [6, 6.07) is 14.4. The Kier molecular flexibility index (Phi) is 5.62. The van der Waals surface area contributed by atoms with Crippen LogP contribution < -0.4 is 0 Å². The minimum atomic E-state index is -0.231. The Morgan fingerprint density at radius 2 is 1.80 bits per heavy atom. The van der Waals surface area contributed by atoms with Gasteiger partial charge in [-0.1, -0.05) is 30.3 Å². The third-order valence-corrected chi connectivity index (χ3v) is 4.06. The molecule has 0 saturated heterocycles. The van der Waals surface area contributed by atoms with Crippen molar-refractivity contribution < 1.29 is 9.53 Å². The number of nitrogens with zero attached hydrogens (tertiary/aromatic N) is 1. The molecule has 1 heterocycles. The van der Waals surface area contributed by atoms with E-state index in [4.69, 9.17) is 4.74 Å².